The van der Waals surface area contributed by atoms with Crippen LogP contribution in [0.1, 0.15) is 5.56 Å². The first-order chi connectivity index (χ1) is 11.8. The smallest absolute Gasteiger partial charge is 0.191 e. The zero-order valence-electron chi connectivity index (χ0n) is 14.1. The van der Waals surface area contributed by atoms with Gasteiger partial charge in [0.2, 0.25) is 0 Å². The fourth-order valence-corrected chi connectivity index (χ4v) is 2.77. The van der Waals surface area contributed by atoms with Gasteiger partial charge in [0.1, 0.15) is 0 Å². The molecule has 0 bridgehead atoms. The number of hydrogen-bond acceptors (Lipinski definition) is 3. The lowest BCUT2D eigenvalue weighted by molar-refractivity contribution is 0.811. The summed E-state index contributed by atoms with van der Waals surface area (Å²) in [5, 5.41) is 10.9. The minimum atomic E-state index is 0.848. The fourth-order valence-electron chi connectivity index (χ4n) is 2.19. The van der Waals surface area contributed by atoms with Crippen LogP contribution in [0, 0.1) is 0 Å². The van der Waals surface area contributed by atoms with Gasteiger partial charge >= 0.3 is 0 Å². The van der Waals surface area contributed by atoms with Crippen LogP contribution in [0.25, 0.3) is 5.69 Å². The second-order valence-corrected chi connectivity index (χ2v) is 6.31. The van der Waals surface area contributed by atoms with Gasteiger partial charge in [-0.2, -0.15) is 16.9 Å². The summed E-state index contributed by atoms with van der Waals surface area (Å²) < 4.78 is 1.86. The average Bonchev–Trinajstić information content (AvgIpc) is 3.15. The molecule has 0 atom stereocenters. The maximum atomic E-state index is 4.24. The number of nitrogens with zero attached hydrogens (tertiary/aromatic N) is 3. The molecule has 0 amide bonds. The minimum Gasteiger partial charge on any atom is -0.356 e. The predicted molar refractivity (Wildman–Crippen MR) is 104 cm³/mol. The summed E-state index contributed by atoms with van der Waals surface area (Å²) in [5.74, 6) is 2.88. The number of nitrogens with one attached hydrogen (secondary N) is 2. The Labute approximate surface area is 148 Å². The molecular formula is C18H25N5S. The highest BCUT2D eigenvalue weighted by Crippen LogP contribution is 2.08. The number of aliphatic imine (C=N–C) groups is 1. The monoisotopic (exact) mass is 343 g/mol. The van der Waals surface area contributed by atoms with Crippen molar-refractivity contribution in [3.05, 3.63) is 60.9 Å². The molecule has 0 saturated carbocycles. The van der Waals surface area contributed by atoms with Crippen molar-refractivity contribution in [1.29, 1.82) is 0 Å². The lowest BCUT2D eigenvalue weighted by atomic mass is 10.1. The third-order valence-corrected chi connectivity index (χ3v) is 4.37. The predicted octanol–water partition coefficient (Wildman–Crippen LogP) is 2.50. The van der Waals surface area contributed by atoms with Crippen molar-refractivity contribution in [2.24, 2.45) is 4.99 Å². The van der Waals surface area contributed by atoms with Gasteiger partial charge in [0.15, 0.2) is 5.96 Å². The van der Waals surface area contributed by atoms with Gasteiger partial charge < -0.3 is 10.6 Å². The zero-order valence-corrected chi connectivity index (χ0v) is 14.9. The van der Waals surface area contributed by atoms with E-state index in [0.29, 0.717) is 0 Å². The summed E-state index contributed by atoms with van der Waals surface area (Å²) in [7, 11) is 1.80. The Kier molecular flexibility index (Phi) is 7.97. The first-order valence-electron chi connectivity index (χ1n) is 8.05. The number of aromatic nitrogens is 2. The summed E-state index contributed by atoms with van der Waals surface area (Å²) in [5.41, 5.74) is 2.36. The van der Waals surface area contributed by atoms with E-state index in [-0.39, 0.29) is 0 Å². The quantitative estimate of drug-likeness (QED) is 0.318. The molecule has 0 aliphatic heterocycles. The Balaban J connectivity index is 1.69. The zero-order chi connectivity index (χ0) is 17.0. The average molecular weight is 344 g/mol. The Hall–Kier alpha value is -2.21. The van der Waals surface area contributed by atoms with Crippen LogP contribution in [0.5, 0.6) is 0 Å². The van der Waals surface area contributed by atoms with E-state index in [1.807, 2.05) is 34.8 Å². The molecule has 0 aliphatic carbocycles. The van der Waals surface area contributed by atoms with Gasteiger partial charge in [-0.05, 0) is 30.2 Å². The summed E-state index contributed by atoms with van der Waals surface area (Å²) in [6.07, 6.45) is 6.60. The highest BCUT2D eigenvalue weighted by Gasteiger charge is 1.99. The number of rotatable bonds is 9. The standard InChI is InChI=1S/C18H25N5S/c1-3-14-24-15-12-21-18(19-2)20-11-9-16-5-7-17(8-6-16)23-13-4-10-22-23/h3-8,10,13H,1,9,11-12,14-15H2,2H3,(H2,19,20,21). The highest BCUT2D eigenvalue weighted by atomic mass is 32.2. The molecule has 2 aromatic rings. The summed E-state index contributed by atoms with van der Waals surface area (Å²) in [4.78, 5) is 4.24. The molecule has 2 rings (SSSR count). The van der Waals surface area contributed by atoms with E-state index in [1.54, 1.807) is 13.2 Å². The normalized spacial score (nSPS) is 11.3. The summed E-state index contributed by atoms with van der Waals surface area (Å²) in [6.45, 7) is 5.46. The maximum absolute atomic E-state index is 4.24. The van der Waals surface area contributed by atoms with Gasteiger partial charge in [0.05, 0.1) is 5.69 Å². The molecule has 0 aliphatic rings. The van der Waals surface area contributed by atoms with Crippen LogP contribution >= 0.6 is 11.8 Å². The van der Waals surface area contributed by atoms with Gasteiger partial charge in [-0.15, -0.1) is 6.58 Å². The van der Waals surface area contributed by atoms with E-state index in [2.05, 4.69) is 51.6 Å². The van der Waals surface area contributed by atoms with Crippen LogP contribution in [-0.4, -0.2) is 47.4 Å². The van der Waals surface area contributed by atoms with Crippen molar-refractivity contribution in [1.82, 2.24) is 20.4 Å². The van der Waals surface area contributed by atoms with Crippen molar-refractivity contribution in [3.63, 3.8) is 0 Å². The van der Waals surface area contributed by atoms with E-state index >= 15 is 0 Å². The van der Waals surface area contributed by atoms with E-state index in [0.717, 1.165) is 42.7 Å². The summed E-state index contributed by atoms with van der Waals surface area (Å²) >= 11 is 1.86. The van der Waals surface area contributed by atoms with Crippen molar-refractivity contribution in [2.45, 2.75) is 6.42 Å². The van der Waals surface area contributed by atoms with Crippen molar-refractivity contribution >= 4 is 17.7 Å². The van der Waals surface area contributed by atoms with E-state index in [4.69, 9.17) is 0 Å². The number of guanidine groups is 1. The minimum absolute atomic E-state index is 0.848. The molecule has 2 N–H and O–H groups in total. The number of benzene rings is 1. The van der Waals surface area contributed by atoms with Crippen molar-refractivity contribution < 1.29 is 0 Å². The van der Waals surface area contributed by atoms with E-state index in [1.165, 1.54) is 5.56 Å². The molecule has 24 heavy (non-hydrogen) atoms. The van der Waals surface area contributed by atoms with Crippen LogP contribution < -0.4 is 10.6 Å². The second kappa shape index (κ2) is 10.5. The second-order valence-electron chi connectivity index (χ2n) is 5.16. The molecule has 0 unspecified atom stereocenters. The molecule has 5 nitrogen and oxygen atoms in total. The largest absolute Gasteiger partial charge is 0.356 e. The van der Waals surface area contributed by atoms with Gasteiger partial charge in [0, 0.05) is 44.0 Å². The van der Waals surface area contributed by atoms with E-state index in [9.17, 15) is 0 Å². The van der Waals surface area contributed by atoms with Crippen LogP contribution in [-0.2, 0) is 6.42 Å². The van der Waals surface area contributed by atoms with Gasteiger partial charge in [-0.3, -0.25) is 4.99 Å². The number of hydrogen-bond donors (Lipinski definition) is 2. The van der Waals surface area contributed by atoms with Crippen LogP contribution in [0.15, 0.2) is 60.4 Å². The third-order valence-electron chi connectivity index (χ3n) is 3.41. The molecule has 0 radical (unpaired) electrons. The molecule has 0 spiro atoms. The van der Waals surface area contributed by atoms with E-state index < -0.39 is 0 Å². The van der Waals surface area contributed by atoms with Crippen molar-refractivity contribution in [2.75, 3.05) is 31.6 Å². The van der Waals surface area contributed by atoms with Crippen LogP contribution in [0.2, 0.25) is 0 Å². The first-order valence-corrected chi connectivity index (χ1v) is 9.21. The fraction of sp³-hybridized carbons (Fsp3) is 0.333. The molecule has 6 heteroatoms. The summed E-state index contributed by atoms with van der Waals surface area (Å²) in [6, 6.07) is 10.4. The Morgan fingerprint density at radius 1 is 1.29 bits per heavy atom. The maximum Gasteiger partial charge on any atom is 0.191 e. The third kappa shape index (κ3) is 6.12. The topological polar surface area (TPSA) is 54.2 Å². The Morgan fingerprint density at radius 3 is 2.75 bits per heavy atom. The highest BCUT2D eigenvalue weighted by molar-refractivity contribution is 7.99. The lowest BCUT2D eigenvalue weighted by Crippen LogP contribution is -2.39. The molecule has 1 aromatic heterocycles. The Bertz CT molecular complexity index is 619. The molecule has 0 saturated heterocycles. The molecule has 1 heterocycles. The van der Waals surface area contributed by atoms with Gasteiger partial charge in [0.25, 0.3) is 0 Å². The van der Waals surface area contributed by atoms with Crippen LogP contribution in [0.4, 0.5) is 0 Å². The first kappa shape index (κ1) is 18.1. The van der Waals surface area contributed by atoms with Crippen molar-refractivity contribution in [3.8, 4) is 5.69 Å². The Morgan fingerprint density at radius 2 is 2.08 bits per heavy atom. The molecular weight excluding hydrogens is 318 g/mol. The lowest BCUT2D eigenvalue weighted by Gasteiger charge is -2.11. The number of thioether (sulfide) groups is 1. The molecule has 0 fully saturated rings. The van der Waals surface area contributed by atoms with Crippen LogP contribution in [0.3, 0.4) is 0 Å². The van der Waals surface area contributed by atoms with Gasteiger partial charge in [-0.1, -0.05) is 18.2 Å². The van der Waals surface area contributed by atoms with Gasteiger partial charge in [-0.25, -0.2) is 4.68 Å². The molecule has 128 valence electrons. The SMILES string of the molecule is C=CCSCCNC(=NC)NCCc1ccc(-n2cccn2)cc1. The molecule has 1 aromatic carbocycles.